The second kappa shape index (κ2) is 5.21. The first kappa shape index (κ1) is 14.8. The van der Waals surface area contributed by atoms with Gasteiger partial charge in [0.25, 0.3) is 0 Å². The molecule has 0 aromatic heterocycles. The van der Waals surface area contributed by atoms with E-state index in [4.69, 9.17) is 5.73 Å². The summed E-state index contributed by atoms with van der Waals surface area (Å²) in [5, 5.41) is 2.91. The van der Waals surface area contributed by atoms with Crippen molar-refractivity contribution in [3.8, 4) is 0 Å². The zero-order valence-corrected chi connectivity index (χ0v) is 11.5. The van der Waals surface area contributed by atoms with Crippen LogP contribution in [0.5, 0.6) is 0 Å². The molecule has 15 heavy (non-hydrogen) atoms. The fourth-order valence-electron chi connectivity index (χ4n) is 0.887. The van der Waals surface area contributed by atoms with Crippen molar-refractivity contribution in [2.75, 3.05) is 5.75 Å². The number of thioether (sulfide) groups is 1. The van der Waals surface area contributed by atoms with Crippen molar-refractivity contribution in [1.82, 2.24) is 5.32 Å². The molecule has 4 heteroatoms. The van der Waals surface area contributed by atoms with Crippen LogP contribution in [0.4, 0.5) is 0 Å². The molecule has 0 bridgehead atoms. The normalized spacial score (nSPS) is 14.9. The highest BCUT2D eigenvalue weighted by Gasteiger charge is 2.21. The number of hydrogen-bond acceptors (Lipinski definition) is 3. The predicted octanol–water partition coefficient (Wildman–Crippen LogP) is 1.76. The molecule has 1 unspecified atom stereocenters. The topological polar surface area (TPSA) is 55.1 Å². The standard InChI is InChI=1S/C11H24N2OS/c1-8(15-7-11(5,6)12)9(14)13-10(2,3)4/h8H,7,12H2,1-6H3,(H,13,14). The summed E-state index contributed by atoms with van der Waals surface area (Å²) in [7, 11) is 0. The van der Waals surface area contributed by atoms with Gasteiger partial charge in [-0.3, -0.25) is 4.79 Å². The number of nitrogens with two attached hydrogens (primary N) is 1. The fourth-order valence-corrected chi connectivity index (χ4v) is 1.78. The van der Waals surface area contributed by atoms with Crippen LogP contribution in [0.3, 0.4) is 0 Å². The minimum absolute atomic E-state index is 0.0490. The summed E-state index contributed by atoms with van der Waals surface area (Å²) in [6, 6.07) is 0. The predicted molar refractivity (Wildman–Crippen MR) is 68.1 cm³/mol. The van der Waals surface area contributed by atoms with Gasteiger partial charge in [-0.15, -0.1) is 11.8 Å². The van der Waals surface area contributed by atoms with Gasteiger partial charge in [-0.1, -0.05) is 0 Å². The summed E-state index contributed by atoms with van der Waals surface area (Å²) in [5.41, 5.74) is 5.47. The molecule has 0 spiro atoms. The Balaban J connectivity index is 4.01. The van der Waals surface area contributed by atoms with E-state index in [1.54, 1.807) is 11.8 Å². The maximum Gasteiger partial charge on any atom is 0.233 e. The molecule has 0 saturated heterocycles. The van der Waals surface area contributed by atoms with Crippen molar-refractivity contribution in [1.29, 1.82) is 0 Å². The molecule has 0 fully saturated rings. The summed E-state index contributed by atoms with van der Waals surface area (Å²) in [5.74, 6) is 0.864. The van der Waals surface area contributed by atoms with Crippen LogP contribution in [-0.4, -0.2) is 28.0 Å². The van der Waals surface area contributed by atoms with Crippen LogP contribution in [0, 0.1) is 0 Å². The average molecular weight is 232 g/mol. The lowest BCUT2D eigenvalue weighted by atomic mass is 10.1. The Morgan fingerprint density at radius 3 is 2.13 bits per heavy atom. The first-order valence-corrected chi connectivity index (χ1v) is 6.29. The van der Waals surface area contributed by atoms with Crippen LogP contribution in [-0.2, 0) is 4.79 Å². The van der Waals surface area contributed by atoms with E-state index in [1.165, 1.54) is 0 Å². The number of hydrogen-bond donors (Lipinski definition) is 2. The molecule has 0 saturated carbocycles. The highest BCUT2D eigenvalue weighted by Crippen LogP contribution is 2.16. The summed E-state index contributed by atoms with van der Waals surface area (Å²) in [6.07, 6.45) is 0. The second-order valence-electron chi connectivity index (χ2n) is 5.68. The van der Waals surface area contributed by atoms with Crippen LogP contribution in [0.1, 0.15) is 41.5 Å². The summed E-state index contributed by atoms with van der Waals surface area (Å²) in [4.78, 5) is 11.7. The monoisotopic (exact) mass is 232 g/mol. The molecular formula is C11H24N2OS. The molecular weight excluding hydrogens is 208 g/mol. The number of rotatable bonds is 4. The van der Waals surface area contributed by atoms with Crippen molar-refractivity contribution >= 4 is 17.7 Å². The maximum absolute atomic E-state index is 11.7. The Bertz CT molecular complexity index is 216. The highest BCUT2D eigenvalue weighted by atomic mass is 32.2. The van der Waals surface area contributed by atoms with E-state index in [1.807, 2.05) is 41.5 Å². The molecule has 0 heterocycles. The summed E-state index contributed by atoms with van der Waals surface area (Å²) < 4.78 is 0. The van der Waals surface area contributed by atoms with E-state index in [9.17, 15) is 4.79 Å². The van der Waals surface area contributed by atoms with E-state index in [0.717, 1.165) is 5.75 Å². The van der Waals surface area contributed by atoms with Crippen LogP contribution in [0.15, 0.2) is 0 Å². The SMILES string of the molecule is CC(SCC(C)(C)N)C(=O)NC(C)(C)C. The van der Waals surface area contributed by atoms with Gasteiger partial charge in [0.2, 0.25) is 5.91 Å². The zero-order valence-electron chi connectivity index (χ0n) is 10.7. The minimum Gasteiger partial charge on any atom is -0.351 e. The van der Waals surface area contributed by atoms with Gasteiger partial charge in [-0.25, -0.2) is 0 Å². The molecule has 3 N–H and O–H groups in total. The van der Waals surface area contributed by atoms with Gasteiger partial charge in [-0.2, -0.15) is 0 Å². The van der Waals surface area contributed by atoms with Crippen molar-refractivity contribution in [2.45, 2.75) is 57.9 Å². The largest absolute Gasteiger partial charge is 0.351 e. The number of carbonyl (C=O) groups is 1. The molecule has 1 atom stereocenters. The molecule has 0 aliphatic rings. The number of nitrogens with one attached hydrogen (secondary N) is 1. The molecule has 0 aliphatic heterocycles. The number of carbonyl (C=O) groups excluding carboxylic acids is 1. The molecule has 90 valence electrons. The van der Waals surface area contributed by atoms with Crippen LogP contribution in [0.2, 0.25) is 0 Å². The fraction of sp³-hybridized carbons (Fsp3) is 0.909. The minimum atomic E-state index is -0.221. The quantitative estimate of drug-likeness (QED) is 0.776. The first-order valence-electron chi connectivity index (χ1n) is 5.24. The third-order valence-electron chi connectivity index (χ3n) is 1.57. The maximum atomic E-state index is 11.7. The Hall–Kier alpha value is -0.220. The zero-order chi connectivity index (χ0) is 12.3. The smallest absolute Gasteiger partial charge is 0.233 e. The van der Waals surface area contributed by atoms with Crippen LogP contribution < -0.4 is 11.1 Å². The van der Waals surface area contributed by atoms with E-state index < -0.39 is 0 Å². The van der Waals surface area contributed by atoms with Gasteiger partial charge in [0, 0.05) is 16.8 Å². The van der Waals surface area contributed by atoms with Gasteiger partial charge in [0.1, 0.15) is 0 Å². The van der Waals surface area contributed by atoms with E-state index in [2.05, 4.69) is 5.32 Å². The van der Waals surface area contributed by atoms with Gasteiger partial charge in [0.15, 0.2) is 0 Å². The van der Waals surface area contributed by atoms with Gasteiger partial charge < -0.3 is 11.1 Å². The lowest BCUT2D eigenvalue weighted by molar-refractivity contribution is -0.121. The molecule has 1 amide bonds. The molecule has 0 radical (unpaired) electrons. The Morgan fingerprint density at radius 1 is 1.33 bits per heavy atom. The van der Waals surface area contributed by atoms with Gasteiger partial charge in [0.05, 0.1) is 5.25 Å². The third kappa shape index (κ3) is 8.75. The highest BCUT2D eigenvalue weighted by molar-refractivity contribution is 8.00. The molecule has 0 aromatic rings. The van der Waals surface area contributed by atoms with E-state index >= 15 is 0 Å². The van der Waals surface area contributed by atoms with Crippen molar-refractivity contribution < 1.29 is 4.79 Å². The third-order valence-corrected chi connectivity index (χ3v) is 3.20. The second-order valence-corrected chi connectivity index (χ2v) is 7.01. The molecule has 3 nitrogen and oxygen atoms in total. The summed E-state index contributed by atoms with van der Waals surface area (Å²) >= 11 is 1.60. The number of amides is 1. The molecule has 0 rings (SSSR count). The van der Waals surface area contributed by atoms with Crippen LogP contribution >= 0.6 is 11.8 Å². The van der Waals surface area contributed by atoms with Gasteiger partial charge >= 0.3 is 0 Å². The first-order chi connectivity index (χ1) is 6.51. The van der Waals surface area contributed by atoms with Crippen molar-refractivity contribution in [2.24, 2.45) is 5.73 Å². The molecule has 0 aliphatic carbocycles. The van der Waals surface area contributed by atoms with Crippen molar-refractivity contribution in [3.05, 3.63) is 0 Å². The Kier molecular flexibility index (Phi) is 5.14. The lowest BCUT2D eigenvalue weighted by Gasteiger charge is -2.25. The van der Waals surface area contributed by atoms with Crippen molar-refractivity contribution in [3.63, 3.8) is 0 Å². The van der Waals surface area contributed by atoms with E-state index in [-0.39, 0.29) is 22.2 Å². The Labute approximate surface area is 97.6 Å². The average Bonchev–Trinajstić information content (AvgIpc) is 1.95. The lowest BCUT2D eigenvalue weighted by Crippen LogP contribution is -2.45. The molecule has 0 aromatic carbocycles. The Morgan fingerprint density at radius 2 is 1.80 bits per heavy atom. The van der Waals surface area contributed by atoms with E-state index in [0.29, 0.717) is 0 Å². The van der Waals surface area contributed by atoms with Crippen LogP contribution in [0.25, 0.3) is 0 Å². The summed E-state index contributed by atoms with van der Waals surface area (Å²) in [6.45, 7) is 11.8. The van der Waals surface area contributed by atoms with Gasteiger partial charge in [-0.05, 0) is 41.5 Å².